The Morgan fingerprint density at radius 2 is 2.04 bits per heavy atom. The van der Waals surface area contributed by atoms with Crippen molar-refractivity contribution in [1.29, 1.82) is 0 Å². The Morgan fingerprint density at radius 3 is 2.68 bits per heavy atom. The summed E-state index contributed by atoms with van der Waals surface area (Å²) in [6.45, 7) is 2.95. The maximum atomic E-state index is 12.2. The van der Waals surface area contributed by atoms with Gasteiger partial charge < -0.3 is 19.7 Å². The number of likely N-dealkylation sites (tertiary alicyclic amines) is 1. The highest BCUT2D eigenvalue weighted by Crippen LogP contribution is 2.32. The number of hydrogen-bond acceptors (Lipinski definition) is 5. The largest absolute Gasteiger partial charge is 0.496 e. The zero-order valence-corrected chi connectivity index (χ0v) is 14.8. The summed E-state index contributed by atoms with van der Waals surface area (Å²) in [4.78, 5) is 27.5. The number of nitrogens with one attached hydrogen (secondary N) is 1. The fourth-order valence-electron chi connectivity index (χ4n) is 3.47. The quantitative estimate of drug-likeness (QED) is 0.867. The zero-order chi connectivity index (χ0) is 17.9. The molecule has 25 heavy (non-hydrogen) atoms. The van der Waals surface area contributed by atoms with Gasteiger partial charge in [-0.15, -0.1) is 0 Å². The predicted octanol–water partition coefficient (Wildman–Crippen LogP) is 1.23. The van der Waals surface area contributed by atoms with Crippen LogP contribution in [-0.2, 0) is 16.1 Å². The molecule has 1 N–H and O–H groups in total. The molecule has 0 aliphatic carbocycles. The lowest BCUT2D eigenvalue weighted by molar-refractivity contribution is -0.123. The predicted molar refractivity (Wildman–Crippen MR) is 92.4 cm³/mol. The molecule has 2 aliphatic heterocycles. The fraction of sp³-hybridized carbons (Fsp3) is 0.556. The molecule has 0 radical (unpaired) electrons. The number of methoxy groups -OCH3 is 1. The Hall–Kier alpha value is -2.28. The molecule has 136 valence electrons. The minimum Gasteiger partial charge on any atom is -0.496 e. The molecule has 7 nitrogen and oxygen atoms in total. The van der Waals surface area contributed by atoms with Gasteiger partial charge in [-0.05, 0) is 6.07 Å². The van der Waals surface area contributed by atoms with Crippen molar-refractivity contribution in [3.05, 3.63) is 29.8 Å². The summed E-state index contributed by atoms with van der Waals surface area (Å²) in [5.74, 6) is 0.761. The number of piperidine rings is 1. The van der Waals surface area contributed by atoms with Gasteiger partial charge in [0, 0.05) is 45.1 Å². The van der Waals surface area contributed by atoms with Gasteiger partial charge in [0.05, 0.1) is 20.2 Å². The van der Waals surface area contributed by atoms with Crippen LogP contribution in [0.4, 0.5) is 4.79 Å². The average Bonchev–Trinajstić information content (AvgIpc) is 2.89. The number of hydrogen-bond donors (Lipinski definition) is 1. The summed E-state index contributed by atoms with van der Waals surface area (Å²) < 4.78 is 10.8. The molecule has 7 heteroatoms. The van der Waals surface area contributed by atoms with Crippen LogP contribution in [0.5, 0.6) is 5.75 Å². The Morgan fingerprint density at radius 1 is 1.32 bits per heavy atom. The number of carbonyl (C=O) groups is 2. The molecule has 0 aromatic heterocycles. The van der Waals surface area contributed by atoms with Crippen LogP contribution in [0.2, 0.25) is 0 Å². The number of amides is 2. The van der Waals surface area contributed by atoms with E-state index in [1.807, 2.05) is 24.3 Å². The third-order valence-corrected chi connectivity index (χ3v) is 4.94. The van der Waals surface area contributed by atoms with E-state index in [0.717, 1.165) is 37.2 Å². The zero-order valence-electron chi connectivity index (χ0n) is 14.8. The fourth-order valence-corrected chi connectivity index (χ4v) is 3.47. The third kappa shape index (κ3) is 4.04. The minimum atomic E-state index is -0.365. The van der Waals surface area contributed by atoms with E-state index in [-0.39, 0.29) is 17.6 Å². The van der Waals surface area contributed by atoms with Crippen LogP contribution in [0.1, 0.15) is 18.4 Å². The van der Waals surface area contributed by atoms with Gasteiger partial charge >= 0.3 is 6.09 Å². The van der Waals surface area contributed by atoms with E-state index >= 15 is 0 Å². The first-order valence-electron chi connectivity index (χ1n) is 8.56. The lowest BCUT2D eigenvalue weighted by Crippen LogP contribution is -2.49. The molecule has 2 aliphatic rings. The van der Waals surface area contributed by atoms with E-state index in [4.69, 9.17) is 9.47 Å². The second-order valence-corrected chi connectivity index (χ2v) is 6.77. The van der Waals surface area contributed by atoms with E-state index in [0.29, 0.717) is 19.6 Å². The number of nitrogens with zero attached hydrogens (tertiary/aromatic N) is 2. The smallest absolute Gasteiger partial charge is 0.410 e. The molecule has 3 rings (SSSR count). The van der Waals surface area contributed by atoms with E-state index < -0.39 is 0 Å². The number of para-hydroxylation sites is 1. The van der Waals surface area contributed by atoms with Crippen LogP contribution >= 0.6 is 0 Å². The van der Waals surface area contributed by atoms with Gasteiger partial charge in [-0.3, -0.25) is 9.69 Å². The van der Waals surface area contributed by atoms with E-state index in [2.05, 4.69) is 10.2 Å². The molecule has 1 aromatic rings. The Labute approximate surface area is 147 Å². The Balaban J connectivity index is 1.44. The molecule has 0 saturated carbocycles. The van der Waals surface area contributed by atoms with Crippen molar-refractivity contribution in [2.45, 2.75) is 25.0 Å². The van der Waals surface area contributed by atoms with Crippen molar-refractivity contribution < 1.29 is 19.1 Å². The first kappa shape index (κ1) is 17.5. The van der Waals surface area contributed by atoms with Crippen molar-refractivity contribution in [2.24, 2.45) is 0 Å². The normalized spacial score (nSPS) is 19.8. The second-order valence-electron chi connectivity index (χ2n) is 6.77. The summed E-state index contributed by atoms with van der Waals surface area (Å²) in [6.07, 6.45) is 1.29. The topological polar surface area (TPSA) is 71.1 Å². The lowest BCUT2D eigenvalue weighted by Gasteiger charge is -2.36. The number of rotatable bonds is 5. The lowest BCUT2D eigenvalue weighted by atomic mass is 9.91. The van der Waals surface area contributed by atoms with Gasteiger partial charge in [0.15, 0.2) is 0 Å². The summed E-state index contributed by atoms with van der Waals surface area (Å²) in [5.41, 5.74) is 0.591. The molecule has 2 fully saturated rings. The molecule has 1 aromatic carbocycles. The van der Waals surface area contributed by atoms with Crippen LogP contribution in [-0.4, -0.2) is 67.7 Å². The summed E-state index contributed by atoms with van der Waals surface area (Å²) in [7, 11) is 3.38. The van der Waals surface area contributed by atoms with Crippen LogP contribution in [0, 0.1) is 0 Å². The molecular formula is C18H25N3O4. The Kier molecular flexibility index (Phi) is 5.13. The molecule has 2 heterocycles. The first-order valence-corrected chi connectivity index (χ1v) is 8.56. The van der Waals surface area contributed by atoms with Gasteiger partial charge in [-0.2, -0.15) is 0 Å². The van der Waals surface area contributed by atoms with E-state index in [1.54, 1.807) is 19.1 Å². The van der Waals surface area contributed by atoms with Gasteiger partial charge in [-0.1, -0.05) is 18.2 Å². The van der Waals surface area contributed by atoms with Gasteiger partial charge in [0.2, 0.25) is 5.91 Å². The SMILES string of the molecule is COc1ccccc1CNC(=O)CN1CCC2(CC1)CN(C)C(=O)O2. The molecular weight excluding hydrogens is 322 g/mol. The third-order valence-electron chi connectivity index (χ3n) is 4.94. The average molecular weight is 347 g/mol. The summed E-state index contributed by atoms with van der Waals surface area (Å²) in [5, 5.41) is 2.94. The minimum absolute atomic E-state index is 0.0117. The molecule has 0 unspecified atom stereocenters. The second kappa shape index (κ2) is 7.31. The number of likely N-dealkylation sites (N-methyl/N-ethyl adjacent to an activating group) is 1. The van der Waals surface area contributed by atoms with Crippen LogP contribution in [0.25, 0.3) is 0 Å². The van der Waals surface area contributed by atoms with E-state index in [1.165, 1.54) is 0 Å². The molecule has 0 atom stereocenters. The number of benzene rings is 1. The highest BCUT2D eigenvalue weighted by molar-refractivity contribution is 5.78. The maximum Gasteiger partial charge on any atom is 0.410 e. The van der Waals surface area contributed by atoms with Gasteiger partial charge in [0.25, 0.3) is 0 Å². The van der Waals surface area contributed by atoms with Gasteiger partial charge in [-0.25, -0.2) is 4.79 Å². The van der Waals surface area contributed by atoms with Crippen molar-refractivity contribution in [3.63, 3.8) is 0 Å². The molecule has 1 spiro atoms. The van der Waals surface area contributed by atoms with Crippen molar-refractivity contribution in [3.8, 4) is 5.75 Å². The highest BCUT2D eigenvalue weighted by atomic mass is 16.6. The van der Waals surface area contributed by atoms with Crippen LogP contribution in [0.3, 0.4) is 0 Å². The monoisotopic (exact) mass is 347 g/mol. The summed E-state index contributed by atoms with van der Waals surface area (Å²) >= 11 is 0. The van der Waals surface area contributed by atoms with Crippen molar-refractivity contribution in [2.75, 3.05) is 40.3 Å². The van der Waals surface area contributed by atoms with Gasteiger partial charge in [0.1, 0.15) is 11.4 Å². The Bertz CT molecular complexity index is 641. The van der Waals surface area contributed by atoms with Crippen LogP contribution < -0.4 is 10.1 Å². The van der Waals surface area contributed by atoms with Crippen molar-refractivity contribution >= 4 is 12.0 Å². The maximum absolute atomic E-state index is 12.2. The molecule has 2 amide bonds. The highest BCUT2D eigenvalue weighted by Gasteiger charge is 2.45. The first-order chi connectivity index (χ1) is 12.0. The number of carbonyl (C=O) groups excluding carboxylic acids is 2. The summed E-state index contributed by atoms with van der Waals surface area (Å²) in [6, 6.07) is 7.65. The van der Waals surface area contributed by atoms with E-state index in [9.17, 15) is 9.59 Å². The van der Waals surface area contributed by atoms with Crippen molar-refractivity contribution in [1.82, 2.24) is 15.1 Å². The number of ether oxygens (including phenoxy) is 2. The molecule has 2 saturated heterocycles. The standard InChI is InChI=1S/C18H25N3O4/c1-20-13-18(25-17(20)23)7-9-21(10-8-18)12-16(22)19-11-14-5-3-4-6-15(14)24-2/h3-6H,7-13H2,1-2H3,(H,19,22). The van der Waals surface area contributed by atoms with Crippen LogP contribution in [0.15, 0.2) is 24.3 Å². The molecule has 0 bridgehead atoms.